The molecule has 2 aromatic heterocycles. The molecule has 1 unspecified atom stereocenters. The standard InChI is InChI=1S/C24H28N4O4S/c1-3-32-20-8-6-19(7-9-20)28-23(26-22-21(24(28)30)5-4-12-25-22)17(2)27(16-29)15-18-10-13-33(31)14-11-18/h4-9,12,16-18H,3,10-11,13-15H2,1-2H3. The number of ether oxygens (including phenoxy) is 1. The Balaban J connectivity index is 1.76. The molecule has 8 nitrogen and oxygen atoms in total. The van der Waals surface area contributed by atoms with Gasteiger partial charge in [0.25, 0.3) is 5.56 Å². The highest BCUT2D eigenvalue weighted by Crippen LogP contribution is 2.25. The van der Waals surface area contributed by atoms with Crippen LogP contribution >= 0.6 is 0 Å². The third-order valence-corrected chi connectivity index (χ3v) is 7.44. The number of benzene rings is 1. The van der Waals surface area contributed by atoms with E-state index in [9.17, 15) is 13.8 Å². The molecule has 0 bridgehead atoms. The summed E-state index contributed by atoms with van der Waals surface area (Å²) in [4.78, 5) is 36.3. The molecule has 0 radical (unpaired) electrons. The minimum atomic E-state index is -0.759. The number of fused-ring (bicyclic) bond motifs is 1. The lowest BCUT2D eigenvalue weighted by molar-refractivity contribution is -0.121. The van der Waals surface area contributed by atoms with Crippen molar-refractivity contribution in [3.63, 3.8) is 0 Å². The van der Waals surface area contributed by atoms with Gasteiger partial charge in [-0.25, -0.2) is 9.97 Å². The Labute approximate surface area is 195 Å². The highest BCUT2D eigenvalue weighted by atomic mass is 32.2. The van der Waals surface area contributed by atoms with Gasteiger partial charge in [-0.15, -0.1) is 0 Å². The Morgan fingerprint density at radius 3 is 2.64 bits per heavy atom. The van der Waals surface area contributed by atoms with Gasteiger partial charge in [0, 0.05) is 35.0 Å². The van der Waals surface area contributed by atoms with E-state index < -0.39 is 16.8 Å². The average Bonchev–Trinajstić information content (AvgIpc) is 2.84. The molecule has 4 rings (SSSR count). The third kappa shape index (κ3) is 4.98. The topological polar surface area (TPSA) is 94.4 Å². The summed E-state index contributed by atoms with van der Waals surface area (Å²) in [5.41, 5.74) is 0.755. The van der Waals surface area contributed by atoms with Crippen molar-refractivity contribution in [2.45, 2.75) is 32.7 Å². The van der Waals surface area contributed by atoms with Crippen LogP contribution in [0.1, 0.15) is 38.6 Å². The van der Waals surface area contributed by atoms with Crippen LogP contribution in [-0.4, -0.2) is 54.7 Å². The van der Waals surface area contributed by atoms with Gasteiger partial charge >= 0.3 is 0 Å². The molecule has 0 spiro atoms. The van der Waals surface area contributed by atoms with Gasteiger partial charge in [-0.3, -0.25) is 18.4 Å². The summed E-state index contributed by atoms with van der Waals surface area (Å²) in [7, 11) is -0.759. The maximum absolute atomic E-state index is 13.5. The number of pyridine rings is 1. The highest BCUT2D eigenvalue weighted by molar-refractivity contribution is 7.85. The second-order valence-electron chi connectivity index (χ2n) is 8.18. The first kappa shape index (κ1) is 23.1. The van der Waals surface area contributed by atoms with E-state index in [0.29, 0.717) is 53.0 Å². The molecule has 3 aromatic rings. The van der Waals surface area contributed by atoms with Crippen LogP contribution in [-0.2, 0) is 15.6 Å². The Bertz CT molecular complexity index is 1200. The summed E-state index contributed by atoms with van der Waals surface area (Å²) < 4.78 is 18.8. The van der Waals surface area contributed by atoms with Crippen LogP contribution in [0, 0.1) is 5.92 Å². The van der Waals surface area contributed by atoms with Crippen molar-refractivity contribution in [3.05, 3.63) is 58.8 Å². The van der Waals surface area contributed by atoms with Crippen molar-refractivity contribution >= 4 is 28.2 Å². The van der Waals surface area contributed by atoms with E-state index in [1.807, 2.05) is 38.1 Å². The summed E-state index contributed by atoms with van der Waals surface area (Å²) in [6, 6.07) is 10.2. The maximum atomic E-state index is 13.5. The van der Waals surface area contributed by atoms with Crippen molar-refractivity contribution in [3.8, 4) is 11.4 Å². The van der Waals surface area contributed by atoms with Gasteiger partial charge in [0.05, 0.1) is 23.7 Å². The zero-order chi connectivity index (χ0) is 23.4. The average molecular weight is 469 g/mol. The van der Waals surface area contributed by atoms with E-state index in [4.69, 9.17) is 9.72 Å². The fraction of sp³-hybridized carbons (Fsp3) is 0.417. The van der Waals surface area contributed by atoms with Crippen LogP contribution in [0.5, 0.6) is 5.75 Å². The van der Waals surface area contributed by atoms with Gasteiger partial charge in [0.15, 0.2) is 5.65 Å². The number of carbonyl (C=O) groups is 1. The van der Waals surface area contributed by atoms with Crippen LogP contribution in [0.15, 0.2) is 47.4 Å². The largest absolute Gasteiger partial charge is 0.494 e. The van der Waals surface area contributed by atoms with Crippen LogP contribution in [0.4, 0.5) is 0 Å². The van der Waals surface area contributed by atoms with Crippen molar-refractivity contribution in [1.29, 1.82) is 0 Å². The molecule has 9 heteroatoms. The first-order chi connectivity index (χ1) is 16.0. The second-order valence-corrected chi connectivity index (χ2v) is 9.88. The molecule has 0 saturated carbocycles. The number of amides is 1. The molecule has 1 atom stereocenters. The molecule has 1 aliphatic rings. The predicted molar refractivity (Wildman–Crippen MR) is 128 cm³/mol. The summed E-state index contributed by atoms with van der Waals surface area (Å²) >= 11 is 0. The SMILES string of the molecule is CCOc1ccc(-n2c(C(C)N(C=O)CC3CCS(=O)CC3)nc3ncccc3c2=O)cc1. The molecule has 1 fully saturated rings. The number of hydrogen-bond donors (Lipinski definition) is 0. The molecule has 1 amide bonds. The van der Waals surface area contributed by atoms with Crippen molar-refractivity contribution in [2.24, 2.45) is 5.92 Å². The lowest BCUT2D eigenvalue weighted by atomic mass is 10.0. The minimum Gasteiger partial charge on any atom is -0.494 e. The van der Waals surface area contributed by atoms with Gasteiger partial charge in [-0.1, -0.05) is 0 Å². The molecule has 174 valence electrons. The molecule has 0 aliphatic carbocycles. The third-order valence-electron chi connectivity index (χ3n) is 6.06. The van der Waals surface area contributed by atoms with Crippen molar-refractivity contribution in [1.82, 2.24) is 19.4 Å². The second kappa shape index (κ2) is 10.2. The lowest BCUT2D eigenvalue weighted by Gasteiger charge is -2.31. The van der Waals surface area contributed by atoms with Crippen LogP contribution in [0.25, 0.3) is 16.7 Å². The molecule has 1 saturated heterocycles. The van der Waals surface area contributed by atoms with E-state index >= 15 is 0 Å². The highest BCUT2D eigenvalue weighted by Gasteiger charge is 2.26. The van der Waals surface area contributed by atoms with E-state index in [-0.39, 0.29) is 11.5 Å². The summed E-state index contributed by atoms with van der Waals surface area (Å²) in [6.45, 7) is 4.86. The first-order valence-corrected chi connectivity index (χ1v) is 12.7. The van der Waals surface area contributed by atoms with E-state index in [1.54, 1.807) is 27.8 Å². The number of rotatable bonds is 8. The number of carbonyl (C=O) groups excluding carboxylic acids is 1. The molecule has 1 aliphatic heterocycles. The molecule has 33 heavy (non-hydrogen) atoms. The van der Waals surface area contributed by atoms with Crippen molar-refractivity contribution in [2.75, 3.05) is 24.7 Å². The summed E-state index contributed by atoms with van der Waals surface area (Å²) in [5, 5.41) is 0.412. The zero-order valence-electron chi connectivity index (χ0n) is 18.8. The Morgan fingerprint density at radius 2 is 1.97 bits per heavy atom. The smallest absolute Gasteiger partial charge is 0.267 e. The first-order valence-electron chi connectivity index (χ1n) is 11.2. The number of nitrogens with zero attached hydrogens (tertiary/aromatic N) is 4. The lowest BCUT2D eigenvalue weighted by Crippen LogP contribution is -2.37. The molecule has 1 aromatic carbocycles. The Morgan fingerprint density at radius 1 is 1.24 bits per heavy atom. The molecule has 3 heterocycles. The minimum absolute atomic E-state index is 0.238. The van der Waals surface area contributed by atoms with E-state index in [2.05, 4.69) is 4.98 Å². The van der Waals surface area contributed by atoms with E-state index in [0.717, 1.165) is 19.3 Å². The van der Waals surface area contributed by atoms with Gasteiger partial charge < -0.3 is 9.64 Å². The van der Waals surface area contributed by atoms with Crippen LogP contribution in [0.2, 0.25) is 0 Å². The zero-order valence-corrected chi connectivity index (χ0v) is 19.7. The molecule has 0 N–H and O–H groups in total. The number of aromatic nitrogens is 3. The van der Waals surface area contributed by atoms with Gasteiger partial charge in [0.1, 0.15) is 11.6 Å². The Hall–Kier alpha value is -3.07. The summed E-state index contributed by atoms with van der Waals surface area (Å²) in [5.74, 6) is 2.77. The normalized spacial score (nSPS) is 19.2. The van der Waals surface area contributed by atoms with Crippen molar-refractivity contribution < 1.29 is 13.7 Å². The molecular weight excluding hydrogens is 440 g/mol. The van der Waals surface area contributed by atoms with Crippen LogP contribution < -0.4 is 10.3 Å². The van der Waals surface area contributed by atoms with Crippen LogP contribution in [0.3, 0.4) is 0 Å². The van der Waals surface area contributed by atoms with Gasteiger partial charge in [0.2, 0.25) is 6.41 Å². The van der Waals surface area contributed by atoms with Gasteiger partial charge in [-0.2, -0.15) is 0 Å². The van der Waals surface area contributed by atoms with Gasteiger partial charge in [-0.05, 0) is 69.0 Å². The Kier molecular flexibility index (Phi) is 7.17. The predicted octanol–water partition coefficient (Wildman–Crippen LogP) is 2.86. The fourth-order valence-corrected chi connectivity index (χ4v) is 5.58. The molecular formula is C24H28N4O4S. The fourth-order valence-electron chi connectivity index (χ4n) is 4.19. The monoisotopic (exact) mass is 468 g/mol. The summed E-state index contributed by atoms with van der Waals surface area (Å²) in [6.07, 6.45) is 4.06. The quantitative estimate of drug-likeness (QED) is 0.472. The maximum Gasteiger partial charge on any atom is 0.267 e. The van der Waals surface area contributed by atoms with E-state index in [1.165, 1.54) is 0 Å². The number of hydrogen-bond acceptors (Lipinski definition) is 6.